The molecule has 0 saturated carbocycles. The molecule has 9 heteroatoms. The fourth-order valence-corrected chi connectivity index (χ4v) is 4.35. The lowest BCUT2D eigenvalue weighted by Gasteiger charge is -2.32. The second-order valence-corrected chi connectivity index (χ2v) is 8.41. The van der Waals surface area contributed by atoms with Gasteiger partial charge in [0.1, 0.15) is 5.51 Å². The molecule has 2 saturated heterocycles. The largest absolute Gasteiger partial charge is 0.342 e. The summed E-state index contributed by atoms with van der Waals surface area (Å²) in [6.07, 6.45) is 1.46. The Bertz CT molecular complexity index is 891. The Hall–Kier alpha value is -2.81. The number of carbonyl (C=O) groups is 3. The van der Waals surface area contributed by atoms with E-state index in [1.165, 1.54) is 11.3 Å². The molecule has 2 aliphatic heterocycles. The lowest BCUT2D eigenvalue weighted by molar-refractivity contribution is -0.138. The third-order valence-electron chi connectivity index (χ3n) is 5.59. The van der Waals surface area contributed by atoms with Gasteiger partial charge in [0.25, 0.3) is 0 Å². The summed E-state index contributed by atoms with van der Waals surface area (Å²) in [4.78, 5) is 41.2. The third-order valence-corrected chi connectivity index (χ3v) is 6.19. The summed E-state index contributed by atoms with van der Waals surface area (Å²) in [5.74, 6) is -0.544. The molecule has 0 spiro atoms. The minimum atomic E-state index is -0.324. The Morgan fingerprint density at radius 2 is 1.86 bits per heavy atom. The van der Waals surface area contributed by atoms with E-state index < -0.39 is 0 Å². The van der Waals surface area contributed by atoms with E-state index in [0.717, 1.165) is 11.3 Å². The Morgan fingerprint density at radius 3 is 2.52 bits per heavy atom. The second kappa shape index (κ2) is 8.28. The molecule has 2 fully saturated rings. The molecule has 1 N–H and O–H groups in total. The highest BCUT2D eigenvalue weighted by Crippen LogP contribution is 2.28. The van der Waals surface area contributed by atoms with Crippen LogP contribution in [0.1, 0.15) is 24.8 Å². The maximum Gasteiger partial charge on any atom is 0.229 e. The van der Waals surface area contributed by atoms with Crippen molar-refractivity contribution in [1.82, 2.24) is 15.1 Å². The van der Waals surface area contributed by atoms with Crippen LogP contribution in [0.5, 0.6) is 0 Å². The van der Waals surface area contributed by atoms with E-state index in [-0.39, 0.29) is 36.0 Å². The topological polar surface area (TPSA) is 95.5 Å². The van der Waals surface area contributed by atoms with Crippen LogP contribution in [0.3, 0.4) is 0 Å². The number of carbonyl (C=O) groups excluding carboxylic acids is 3. The van der Waals surface area contributed by atoms with E-state index in [1.807, 2.05) is 31.2 Å². The minimum Gasteiger partial charge on any atom is -0.342 e. The fourth-order valence-electron chi connectivity index (χ4n) is 3.90. The quantitative estimate of drug-likeness (QED) is 0.828. The maximum absolute atomic E-state index is 12.9. The van der Waals surface area contributed by atoms with Gasteiger partial charge in [0.05, 0.1) is 5.92 Å². The number of amides is 3. The normalized spacial score (nSPS) is 20.2. The summed E-state index contributed by atoms with van der Waals surface area (Å²) < 4.78 is 0. The second-order valence-electron chi connectivity index (χ2n) is 7.57. The monoisotopic (exact) mass is 413 g/mol. The van der Waals surface area contributed by atoms with Gasteiger partial charge in [-0.25, -0.2) is 0 Å². The van der Waals surface area contributed by atoms with Crippen molar-refractivity contribution in [3.05, 3.63) is 35.3 Å². The first kappa shape index (κ1) is 19.5. The van der Waals surface area contributed by atoms with Crippen molar-refractivity contribution < 1.29 is 14.4 Å². The van der Waals surface area contributed by atoms with Crippen molar-refractivity contribution in [2.24, 2.45) is 11.8 Å². The van der Waals surface area contributed by atoms with Crippen molar-refractivity contribution in [3.63, 3.8) is 0 Å². The first-order valence-corrected chi connectivity index (χ1v) is 10.6. The smallest absolute Gasteiger partial charge is 0.229 e. The average molecular weight is 414 g/mol. The summed E-state index contributed by atoms with van der Waals surface area (Å²) in [7, 11) is 0. The van der Waals surface area contributed by atoms with Crippen molar-refractivity contribution in [2.75, 3.05) is 29.9 Å². The Morgan fingerprint density at radius 1 is 1.14 bits per heavy atom. The molecule has 1 aromatic heterocycles. The Balaban J connectivity index is 1.31. The van der Waals surface area contributed by atoms with Gasteiger partial charge in [-0.2, -0.15) is 0 Å². The van der Waals surface area contributed by atoms with Crippen LogP contribution in [0.2, 0.25) is 0 Å². The summed E-state index contributed by atoms with van der Waals surface area (Å²) in [6, 6.07) is 7.77. The molecule has 152 valence electrons. The molecule has 0 bridgehead atoms. The molecule has 1 aromatic carbocycles. The summed E-state index contributed by atoms with van der Waals surface area (Å²) in [5.41, 5.74) is 3.54. The van der Waals surface area contributed by atoms with Gasteiger partial charge < -0.3 is 15.1 Å². The molecule has 0 aliphatic carbocycles. The molecule has 2 aromatic rings. The van der Waals surface area contributed by atoms with Crippen LogP contribution in [0.25, 0.3) is 0 Å². The maximum atomic E-state index is 12.9. The molecule has 0 radical (unpaired) electrons. The van der Waals surface area contributed by atoms with Crippen LogP contribution in [0.15, 0.2) is 29.8 Å². The minimum absolute atomic E-state index is 0.0101. The first-order valence-electron chi connectivity index (χ1n) is 9.74. The van der Waals surface area contributed by atoms with Crippen molar-refractivity contribution in [1.29, 1.82) is 0 Å². The zero-order valence-corrected chi connectivity index (χ0v) is 17.0. The molecule has 3 amide bonds. The lowest BCUT2D eigenvalue weighted by atomic mass is 9.94. The molecule has 29 heavy (non-hydrogen) atoms. The average Bonchev–Trinajstić information content (AvgIpc) is 3.38. The lowest BCUT2D eigenvalue weighted by Crippen LogP contribution is -2.44. The Labute approximate surface area is 172 Å². The number of piperidine rings is 1. The van der Waals surface area contributed by atoms with Crippen LogP contribution >= 0.6 is 11.3 Å². The number of hydrogen-bond donors (Lipinski definition) is 1. The van der Waals surface area contributed by atoms with Gasteiger partial charge in [-0.15, -0.1) is 10.2 Å². The van der Waals surface area contributed by atoms with Gasteiger partial charge in [-0.3, -0.25) is 14.4 Å². The molecular formula is C20H23N5O3S. The number of aromatic nitrogens is 2. The van der Waals surface area contributed by atoms with Gasteiger partial charge in [0.15, 0.2) is 0 Å². The first-order chi connectivity index (χ1) is 14.0. The summed E-state index contributed by atoms with van der Waals surface area (Å²) in [5, 5.41) is 10.8. The van der Waals surface area contributed by atoms with Crippen molar-refractivity contribution >= 4 is 39.9 Å². The molecule has 1 atom stereocenters. The highest BCUT2D eigenvalue weighted by Gasteiger charge is 2.38. The van der Waals surface area contributed by atoms with Gasteiger partial charge >= 0.3 is 0 Å². The number of rotatable bonds is 4. The molecule has 2 aliphatic rings. The van der Waals surface area contributed by atoms with Crippen LogP contribution in [0.4, 0.5) is 10.8 Å². The van der Waals surface area contributed by atoms with Crippen molar-refractivity contribution in [3.8, 4) is 0 Å². The zero-order chi connectivity index (χ0) is 20.4. The number of aryl methyl sites for hydroxylation is 1. The number of benzene rings is 1. The number of hydrogen-bond acceptors (Lipinski definition) is 6. The van der Waals surface area contributed by atoms with Gasteiger partial charge in [0, 0.05) is 37.7 Å². The van der Waals surface area contributed by atoms with Gasteiger partial charge in [0.2, 0.25) is 22.9 Å². The number of anilines is 2. The fraction of sp³-hybridized carbons (Fsp3) is 0.450. The number of nitrogens with one attached hydrogen (secondary N) is 1. The third kappa shape index (κ3) is 4.29. The SMILES string of the molecule is Cc1ccc(N2C[C@H](C(=O)N3CCC(C(=O)Nc4nncs4)CC3)CC2=O)cc1. The van der Waals surface area contributed by atoms with Crippen LogP contribution < -0.4 is 10.2 Å². The molecule has 4 rings (SSSR count). The van der Waals surface area contributed by atoms with E-state index in [1.54, 1.807) is 15.3 Å². The zero-order valence-electron chi connectivity index (χ0n) is 16.2. The van der Waals surface area contributed by atoms with Crippen molar-refractivity contribution in [2.45, 2.75) is 26.2 Å². The number of nitrogens with zero attached hydrogens (tertiary/aromatic N) is 4. The van der Waals surface area contributed by atoms with Gasteiger partial charge in [-0.05, 0) is 31.9 Å². The van der Waals surface area contributed by atoms with Gasteiger partial charge in [-0.1, -0.05) is 29.0 Å². The molecule has 0 unspecified atom stereocenters. The van der Waals surface area contributed by atoms with Crippen LogP contribution in [-0.4, -0.2) is 52.5 Å². The number of likely N-dealkylation sites (tertiary alicyclic amines) is 1. The van der Waals surface area contributed by atoms with E-state index in [9.17, 15) is 14.4 Å². The van der Waals surface area contributed by atoms with Crippen LogP contribution in [0, 0.1) is 18.8 Å². The highest BCUT2D eigenvalue weighted by molar-refractivity contribution is 7.13. The molecule has 3 heterocycles. The predicted octanol–water partition coefficient (Wildman–Crippen LogP) is 2.08. The Kier molecular flexibility index (Phi) is 5.57. The van der Waals surface area contributed by atoms with E-state index in [0.29, 0.717) is 37.6 Å². The van der Waals surface area contributed by atoms with E-state index in [2.05, 4.69) is 15.5 Å². The van der Waals surface area contributed by atoms with Crippen LogP contribution in [-0.2, 0) is 14.4 Å². The highest BCUT2D eigenvalue weighted by atomic mass is 32.1. The summed E-state index contributed by atoms with van der Waals surface area (Å²) in [6.45, 7) is 3.47. The van der Waals surface area contributed by atoms with E-state index >= 15 is 0 Å². The molecule has 8 nitrogen and oxygen atoms in total. The predicted molar refractivity (Wildman–Crippen MR) is 109 cm³/mol. The standard InChI is InChI=1S/C20H23N5O3S/c1-13-2-4-16(5-3-13)25-11-15(10-17(25)26)19(28)24-8-6-14(7-9-24)18(27)22-20-23-21-12-29-20/h2-5,12,14-15H,6-11H2,1H3,(H,22,23,27)/t15-/m1/s1. The summed E-state index contributed by atoms with van der Waals surface area (Å²) >= 11 is 1.28. The molecular weight excluding hydrogens is 390 g/mol. The van der Waals surface area contributed by atoms with E-state index in [4.69, 9.17) is 0 Å².